The maximum Gasteiger partial charge on any atom is 0.322 e. The van der Waals surface area contributed by atoms with Crippen LogP contribution in [0.2, 0.25) is 0 Å². The topological polar surface area (TPSA) is 66.8 Å². The number of amides is 3. The highest BCUT2D eigenvalue weighted by Crippen LogP contribution is 2.32. The van der Waals surface area contributed by atoms with Crippen LogP contribution in [-0.4, -0.2) is 52.0 Å². The number of nitrogens with zero attached hydrogens (tertiary/aromatic N) is 3. The number of nitrogens with one attached hydrogen (secondary N) is 1. The zero-order valence-electron chi connectivity index (χ0n) is 20.0. The average Bonchev–Trinajstić information content (AvgIpc) is 3.32. The lowest BCUT2D eigenvalue weighted by Crippen LogP contribution is -2.50. The van der Waals surface area contributed by atoms with E-state index in [0.29, 0.717) is 18.8 Å². The van der Waals surface area contributed by atoms with E-state index in [0.717, 1.165) is 23.6 Å². The van der Waals surface area contributed by atoms with E-state index in [1.54, 1.807) is 17.0 Å². The number of anilines is 1. The van der Waals surface area contributed by atoms with Gasteiger partial charge in [-0.2, -0.15) is 0 Å². The number of hydrogen-bond donors (Lipinski definition) is 1. The third-order valence-corrected chi connectivity index (χ3v) is 6.08. The Balaban J connectivity index is 1.51. The van der Waals surface area contributed by atoms with Crippen molar-refractivity contribution in [1.82, 2.24) is 14.4 Å². The molecule has 3 aromatic rings. The molecular formula is C27H32N4O3. The molecule has 7 nitrogen and oxygen atoms in total. The molecule has 0 spiro atoms. The molecule has 178 valence electrons. The lowest BCUT2D eigenvalue weighted by molar-refractivity contribution is -0.134. The van der Waals surface area contributed by atoms with Crippen LogP contribution in [0.15, 0.2) is 72.9 Å². The Morgan fingerprint density at radius 3 is 2.44 bits per heavy atom. The summed E-state index contributed by atoms with van der Waals surface area (Å²) < 4.78 is 7.66. The first-order valence-electron chi connectivity index (χ1n) is 11.8. The standard InChI is InChI=1S/C27H32N4O3/c1-4-34-23-14-12-22(13-15-23)28-27(33)31(20(2)3)19-25(32)30-18-17-29-16-8-11-24(29)26(30)21-9-6-5-7-10-21/h5-16,20,26H,4,17-19H2,1-3H3,(H,28,33). The molecule has 7 heteroatoms. The summed E-state index contributed by atoms with van der Waals surface area (Å²) in [5.41, 5.74) is 2.80. The van der Waals surface area contributed by atoms with E-state index in [4.69, 9.17) is 4.74 Å². The fourth-order valence-corrected chi connectivity index (χ4v) is 4.36. The van der Waals surface area contributed by atoms with Crippen molar-refractivity contribution in [2.24, 2.45) is 0 Å². The summed E-state index contributed by atoms with van der Waals surface area (Å²) in [4.78, 5) is 30.2. The van der Waals surface area contributed by atoms with Gasteiger partial charge in [-0.05, 0) is 62.7 Å². The number of benzene rings is 2. The minimum atomic E-state index is -0.302. The number of carbonyl (C=O) groups is 2. The van der Waals surface area contributed by atoms with Crippen LogP contribution in [0.3, 0.4) is 0 Å². The first kappa shape index (κ1) is 23.4. The largest absolute Gasteiger partial charge is 0.494 e. The van der Waals surface area contributed by atoms with E-state index in [-0.39, 0.29) is 30.6 Å². The SMILES string of the molecule is CCOc1ccc(NC(=O)N(CC(=O)N2CCn3cccc3C2c2ccccc2)C(C)C)cc1. The molecule has 0 radical (unpaired) electrons. The van der Waals surface area contributed by atoms with Crippen molar-refractivity contribution in [3.63, 3.8) is 0 Å². The molecule has 0 saturated carbocycles. The Hall–Kier alpha value is -3.74. The Bertz CT molecular complexity index is 1110. The highest BCUT2D eigenvalue weighted by Gasteiger charge is 2.33. The molecule has 1 atom stereocenters. The van der Waals surface area contributed by atoms with Crippen LogP contribution in [-0.2, 0) is 11.3 Å². The van der Waals surface area contributed by atoms with Crippen molar-refractivity contribution in [1.29, 1.82) is 0 Å². The molecule has 0 fully saturated rings. The van der Waals surface area contributed by atoms with Gasteiger partial charge in [0, 0.05) is 36.7 Å². The molecule has 4 rings (SSSR count). The molecule has 1 aromatic heterocycles. The highest BCUT2D eigenvalue weighted by atomic mass is 16.5. The molecule has 0 saturated heterocycles. The quantitative estimate of drug-likeness (QED) is 0.553. The molecule has 0 bridgehead atoms. The summed E-state index contributed by atoms with van der Waals surface area (Å²) in [6.45, 7) is 7.67. The molecular weight excluding hydrogens is 428 g/mol. The number of hydrogen-bond acceptors (Lipinski definition) is 3. The smallest absolute Gasteiger partial charge is 0.322 e. The first-order valence-corrected chi connectivity index (χ1v) is 11.8. The van der Waals surface area contributed by atoms with Crippen LogP contribution >= 0.6 is 0 Å². The average molecular weight is 461 g/mol. The van der Waals surface area contributed by atoms with Crippen molar-refractivity contribution in [3.8, 4) is 5.75 Å². The van der Waals surface area contributed by atoms with E-state index in [9.17, 15) is 9.59 Å². The summed E-state index contributed by atoms with van der Waals surface area (Å²) in [6.07, 6.45) is 2.05. The number of aromatic nitrogens is 1. The molecule has 2 heterocycles. The lowest BCUT2D eigenvalue weighted by atomic mass is 10.00. The third kappa shape index (κ3) is 5.09. The number of carbonyl (C=O) groups excluding carboxylic acids is 2. The van der Waals surface area contributed by atoms with Crippen LogP contribution in [0.5, 0.6) is 5.75 Å². The molecule has 34 heavy (non-hydrogen) atoms. The van der Waals surface area contributed by atoms with E-state index in [1.807, 2.05) is 74.2 Å². The Labute approximate surface area is 200 Å². The van der Waals surface area contributed by atoms with Crippen molar-refractivity contribution in [2.45, 2.75) is 39.4 Å². The number of rotatable bonds is 7. The van der Waals surface area contributed by atoms with Gasteiger partial charge in [-0.25, -0.2) is 4.79 Å². The maximum absolute atomic E-state index is 13.6. The van der Waals surface area contributed by atoms with E-state index in [2.05, 4.69) is 22.1 Å². The third-order valence-electron chi connectivity index (χ3n) is 6.08. The van der Waals surface area contributed by atoms with Crippen LogP contribution in [0, 0.1) is 0 Å². The van der Waals surface area contributed by atoms with Crippen molar-refractivity contribution in [2.75, 3.05) is 25.0 Å². The van der Waals surface area contributed by atoms with Gasteiger partial charge in [-0.15, -0.1) is 0 Å². The fraction of sp³-hybridized carbons (Fsp3) is 0.333. The van der Waals surface area contributed by atoms with Gasteiger partial charge in [0.25, 0.3) is 0 Å². The molecule has 2 aromatic carbocycles. The minimum Gasteiger partial charge on any atom is -0.494 e. The zero-order chi connectivity index (χ0) is 24.1. The number of urea groups is 1. The fourth-order valence-electron chi connectivity index (χ4n) is 4.36. The monoisotopic (exact) mass is 460 g/mol. The van der Waals surface area contributed by atoms with Gasteiger partial charge in [0.1, 0.15) is 12.3 Å². The second-order valence-electron chi connectivity index (χ2n) is 8.64. The maximum atomic E-state index is 13.6. The zero-order valence-corrected chi connectivity index (χ0v) is 20.0. The van der Waals surface area contributed by atoms with Gasteiger partial charge in [0.15, 0.2) is 0 Å². The molecule has 0 aliphatic carbocycles. The van der Waals surface area contributed by atoms with Crippen molar-refractivity contribution < 1.29 is 14.3 Å². The van der Waals surface area contributed by atoms with E-state index < -0.39 is 0 Å². The van der Waals surface area contributed by atoms with E-state index in [1.165, 1.54) is 0 Å². The molecule has 1 N–H and O–H groups in total. The van der Waals surface area contributed by atoms with E-state index >= 15 is 0 Å². The second-order valence-corrected chi connectivity index (χ2v) is 8.64. The van der Waals surface area contributed by atoms with Gasteiger partial charge in [0.2, 0.25) is 5.91 Å². The Morgan fingerprint density at radius 1 is 1.03 bits per heavy atom. The van der Waals surface area contributed by atoms with Crippen molar-refractivity contribution in [3.05, 3.63) is 84.2 Å². The predicted molar refractivity (Wildman–Crippen MR) is 133 cm³/mol. The second kappa shape index (κ2) is 10.5. The minimum absolute atomic E-state index is 0.00454. The lowest BCUT2D eigenvalue weighted by Gasteiger charge is -2.39. The Kier molecular flexibility index (Phi) is 7.21. The number of fused-ring (bicyclic) bond motifs is 1. The summed E-state index contributed by atoms with van der Waals surface area (Å²) in [6, 6.07) is 20.7. The van der Waals surface area contributed by atoms with Crippen LogP contribution in [0.25, 0.3) is 0 Å². The summed E-state index contributed by atoms with van der Waals surface area (Å²) >= 11 is 0. The highest BCUT2D eigenvalue weighted by molar-refractivity contribution is 5.92. The van der Waals surface area contributed by atoms with Crippen LogP contribution in [0.1, 0.15) is 38.1 Å². The van der Waals surface area contributed by atoms with Crippen LogP contribution < -0.4 is 10.1 Å². The van der Waals surface area contributed by atoms with Gasteiger partial charge >= 0.3 is 6.03 Å². The summed E-state index contributed by atoms with van der Waals surface area (Å²) in [5, 5.41) is 2.91. The first-order chi connectivity index (χ1) is 16.5. The molecule has 1 aliphatic rings. The number of ether oxygens (including phenoxy) is 1. The summed E-state index contributed by atoms with van der Waals surface area (Å²) in [5.74, 6) is 0.676. The summed E-state index contributed by atoms with van der Waals surface area (Å²) in [7, 11) is 0. The van der Waals surface area contributed by atoms with Crippen molar-refractivity contribution >= 4 is 17.6 Å². The van der Waals surface area contributed by atoms with Gasteiger partial charge in [-0.3, -0.25) is 4.79 Å². The van der Waals surface area contributed by atoms with Gasteiger partial charge in [-0.1, -0.05) is 30.3 Å². The predicted octanol–water partition coefficient (Wildman–Crippen LogP) is 4.76. The molecule has 1 aliphatic heterocycles. The molecule has 1 unspecified atom stereocenters. The Morgan fingerprint density at radius 2 is 1.76 bits per heavy atom. The van der Waals surface area contributed by atoms with Gasteiger partial charge in [0.05, 0.1) is 12.6 Å². The normalized spacial score (nSPS) is 15.1. The van der Waals surface area contributed by atoms with Gasteiger partial charge < -0.3 is 24.4 Å². The van der Waals surface area contributed by atoms with Crippen LogP contribution in [0.4, 0.5) is 10.5 Å². The molecule has 3 amide bonds.